The molecule has 0 fully saturated rings. The minimum absolute atomic E-state index is 0.167. The van der Waals surface area contributed by atoms with Gasteiger partial charge in [0.25, 0.3) is 0 Å². The number of nitrogens with zero attached hydrogens (tertiary/aromatic N) is 1. The number of benzene rings is 2. The smallest absolute Gasteiger partial charge is 0.184 e. The lowest BCUT2D eigenvalue weighted by atomic mass is 9.96. The van der Waals surface area contributed by atoms with Gasteiger partial charge in [-0.3, -0.25) is 9.69 Å². The maximum Gasteiger partial charge on any atom is 0.184 e. The minimum atomic E-state index is -0.200. The fourth-order valence-electron chi connectivity index (χ4n) is 2.51. The summed E-state index contributed by atoms with van der Waals surface area (Å²) in [5.74, 6) is 0.167. The van der Waals surface area contributed by atoms with Crippen LogP contribution in [0.2, 0.25) is 0 Å². The average Bonchev–Trinajstić information content (AvgIpc) is 2.53. The molecule has 0 aliphatic rings. The molecular formula is C18H21NO. The lowest BCUT2D eigenvalue weighted by Gasteiger charge is -2.29. The van der Waals surface area contributed by atoms with Gasteiger partial charge >= 0.3 is 0 Å². The second-order valence-electron chi connectivity index (χ2n) is 4.76. The van der Waals surface area contributed by atoms with Gasteiger partial charge in [-0.1, -0.05) is 74.5 Å². The van der Waals surface area contributed by atoms with Crippen molar-refractivity contribution in [3.8, 4) is 0 Å². The largest absolute Gasteiger partial charge is 0.292 e. The Labute approximate surface area is 121 Å². The standard InChI is InChI=1S/C18H21NO/c1-3-19(4-2)17(15-11-7-5-8-12-15)18(20)16-13-9-6-10-14-16/h5-14,17H,3-4H2,1-2H3/t17-/m0/s1. The van der Waals surface area contributed by atoms with Crippen LogP contribution in [0.1, 0.15) is 35.8 Å². The molecule has 1 atom stereocenters. The predicted octanol–water partition coefficient (Wildman–Crippen LogP) is 3.95. The van der Waals surface area contributed by atoms with Gasteiger partial charge in [0, 0.05) is 5.56 Å². The van der Waals surface area contributed by atoms with Crippen molar-refractivity contribution in [1.29, 1.82) is 0 Å². The summed E-state index contributed by atoms with van der Waals surface area (Å²) in [7, 11) is 0. The Balaban J connectivity index is 2.39. The van der Waals surface area contributed by atoms with Gasteiger partial charge in [-0.05, 0) is 18.7 Å². The van der Waals surface area contributed by atoms with Crippen molar-refractivity contribution in [1.82, 2.24) is 4.90 Å². The molecule has 2 rings (SSSR count). The molecule has 0 saturated carbocycles. The lowest BCUT2D eigenvalue weighted by molar-refractivity contribution is 0.0831. The van der Waals surface area contributed by atoms with Crippen molar-refractivity contribution in [3.63, 3.8) is 0 Å². The predicted molar refractivity (Wildman–Crippen MR) is 82.9 cm³/mol. The molecule has 0 aliphatic carbocycles. The zero-order valence-corrected chi connectivity index (χ0v) is 12.1. The van der Waals surface area contributed by atoms with Crippen molar-refractivity contribution in [3.05, 3.63) is 71.8 Å². The maximum atomic E-state index is 12.9. The van der Waals surface area contributed by atoms with Crippen molar-refractivity contribution >= 4 is 5.78 Å². The maximum absolute atomic E-state index is 12.9. The quantitative estimate of drug-likeness (QED) is 0.739. The SMILES string of the molecule is CCN(CC)[C@H](C(=O)c1ccccc1)c1ccccc1. The van der Waals surface area contributed by atoms with Gasteiger partial charge in [0.2, 0.25) is 0 Å². The van der Waals surface area contributed by atoms with Crippen LogP contribution >= 0.6 is 0 Å². The molecule has 0 saturated heterocycles. The molecule has 0 amide bonds. The molecule has 0 bridgehead atoms. The van der Waals surface area contributed by atoms with Crippen molar-refractivity contribution in [2.75, 3.05) is 13.1 Å². The summed E-state index contributed by atoms with van der Waals surface area (Å²) in [4.78, 5) is 15.1. The van der Waals surface area contributed by atoms with Gasteiger partial charge in [0.05, 0.1) is 6.04 Å². The van der Waals surface area contributed by atoms with Crippen LogP contribution in [0, 0.1) is 0 Å². The zero-order chi connectivity index (χ0) is 14.4. The number of ketones is 1. The summed E-state index contributed by atoms with van der Waals surface area (Å²) in [6.45, 7) is 5.90. The normalized spacial score (nSPS) is 12.3. The lowest BCUT2D eigenvalue weighted by Crippen LogP contribution is -2.34. The van der Waals surface area contributed by atoms with Crippen LogP contribution in [0.4, 0.5) is 0 Å². The van der Waals surface area contributed by atoms with Crippen molar-refractivity contribution in [2.24, 2.45) is 0 Å². The van der Waals surface area contributed by atoms with Crippen LogP contribution in [-0.4, -0.2) is 23.8 Å². The highest BCUT2D eigenvalue weighted by molar-refractivity contribution is 6.00. The van der Waals surface area contributed by atoms with Gasteiger partial charge in [-0.15, -0.1) is 0 Å². The first-order valence-corrected chi connectivity index (χ1v) is 7.16. The number of carbonyl (C=O) groups excluding carboxylic acids is 1. The Kier molecular flexibility index (Phi) is 5.08. The molecule has 0 N–H and O–H groups in total. The molecule has 104 valence electrons. The summed E-state index contributed by atoms with van der Waals surface area (Å²) >= 11 is 0. The highest BCUT2D eigenvalue weighted by Gasteiger charge is 2.26. The first-order chi connectivity index (χ1) is 9.77. The molecule has 2 aromatic rings. The van der Waals surface area contributed by atoms with E-state index in [1.54, 1.807) is 0 Å². The minimum Gasteiger partial charge on any atom is -0.292 e. The molecule has 20 heavy (non-hydrogen) atoms. The van der Waals surface area contributed by atoms with E-state index in [0.717, 1.165) is 24.2 Å². The molecule has 0 heterocycles. The number of hydrogen-bond acceptors (Lipinski definition) is 2. The van der Waals surface area contributed by atoms with Gasteiger partial charge in [-0.2, -0.15) is 0 Å². The van der Waals surface area contributed by atoms with Crippen molar-refractivity contribution in [2.45, 2.75) is 19.9 Å². The van der Waals surface area contributed by atoms with E-state index in [2.05, 4.69) is 18.7 Å². The molecular weight excluding hydrogens is 246 g/mol. The van der Waals surface area contributed by atoms with E-state index in [9.17, 15) is 4.79 Å². The van der Waals surface area contributed by atoms with E-state index in [4.69, 9.17) is 0 Å². The Morgan fingerprint density at radius 3 is 1.90 bits per heavy atom. The molecule has 2 heteroatoms. The van der Waals surface area contributed by atoms with E-state index in [1.807, 2.05) is 60.7 Å². The second-order valence-corrected chi connectivity index (χ2v) is 4.76. The summed E-state index contributed by atoms with van der Waals surface area (Å²) in [6.07, 6.45) is 0. The van der Waals surface area contributed by atoms with Gasteiger partial charge < -0.3 is 0 Å². The van der Waals surface area contributed by atoms with Crippen molar-refractivity contribution < 1.29 is 4.79 Å². The Bertz CT molecular complexity index is 532. The first kappa shape index (κ1) is 14.5. The number of likely N-dealkylation sites (N-methyl/N-ethyl adjacent to an activating group) is 1. The fourth-order valence-corrected chi connectivity index (χ4v) is 2.51. The third-order valence-corrected chi connectivity index (χ3v) is 3.60. The van der Waals surface area contributed by atoms with Crippen LogP contribution in [0.3, 0.4) is 0 Å². The first-order valence-electron chi connectivity index (χ1n) is 7.16. The molecule has 2 aromatic carbocycles. The Hall–Kier alpha value is -1.93. The average molecular weight is 267 g/mol. The topological polar surface area (TPSA) is 20.3 Å². The zero-order valence-electron chi connectivity index (χ0n) is 12.1. The van der Waals surface area contributed by atoms with Gasteiger partial charge in [0.1, 0.15) is 0 Å². The summed E-state index contributed by atoms with van der Waals surface area (Å²) in [5, 5.41) is 0. The summed E-state index contributed by atoms with van der Waals surface area (Å²) < 4.78 is 0. The third-order valence-electron chi connectivity index (χ3n) is 3.60. The highest BCUT2D eigenvalue weighted by atomic mass is 16.1. The molecule has 0 spiro atoms. The van der Waals surface area contributed by atoms with Gasteiger partial charge in [0.15, 0.2) is 5.78 Å². The van der Waals surface area contributed by atoms with Crippen LogP contribution < -0.4 is 0 Å². The molecule has 0 radical (unpaired) electrons. The summed E-state index contributed by atoms with van der Waals surface area (Å²) in [5.41, 5.74) is 1.83. The van der Waals surface area contributed by atoms with Gasteiger partial charge in [-0.25, -0.2) is 0 Å². The number of Topliss-reactive ketones (excluding diaryl/α,β-unsaturated/α-hetero) is 1. The monoisotopic (exact) mass is 267 g/mol. The van der Waals surface area contributed by atoms with Crippen LogP contribution in [0.15, 0.2) is 60.7 Å². The van der Waals surface area contributed by atoms with Crippen LogP contribution in [-0.2, 0) is 0 Å². The fraction of sp³-hybridized carbons (Fsp3) is 0.278. The number of hydrogen-bond donors (Lipinski definition) is 0. The van der Waals surface area contributed by atoms with Crippen LogP contribution in [0.25, 0.3) is 0 Å². The Morgan fingerprint density at radius 1 is 0.900 bits per heavy atom. The molecule has 0 aromatic heterocycles. The molecule has 0 aliphatic heterocycles. The van der Waals surface area contributed by atoms with E-state index in [1.165, 1.54) is 0 Å². The van der Waals surface area contributed by atoms with Crippen LogP contribution in [0.5, 0.6) is 0 Å². The van der Waals surface area contributed by atoms with E-state index < -0.39 is 0 Å². The number of carbonyl (C=O) groups is 1. The molecule has 2 nitrogen and oxygen atoms in total. The molecule has 0 unspecified atom stereocenters. The van der Waals surface area contributed by atoms with E-state index in [-0.39, 0.29) is 11.8 Å². The van der Waals surface area contributed by atoms with E-state index in [0.29, 0.717) is 0 Å². The summed E-state index contributed by atoms with van der Waals surface area (Å²) in [6, 6.07) is 19.4. The highest BCUT2D eigenvalue weighted by Crippen LogP contribution is 2.24. The van der Waals surface area contributed by atoms with E-state index >= 15 is 0 Å². The Morgan fingerprint density at radius 2 is 1.40 bits per heavy atom. The number of rotatable bonds is 6. The third kappa shape index (κ3) is 3.14. The second kappa shape index (κ2) is 7.01.